The van der Waals surface area contributed by atoms with E-state index < -0.39 is 17.7 Å². The number of carbonyl (C=O) groups is 1. The number of aliphatic hydroxyl groups is 3. The summed E-state index contributed by atoms with van der Waals surface area (Å²) in [6.07, 6.45) is 0.228. The Morgan fingerprint density at radius 1 is 1.00 bits per heavy atom. The normalized spacial score (nSPS) is 20.6. The van der Waals surface area contributed by atoms with E-state index in [-0.39, 0.29) is 18.9 Å². The number of anilines is 1. The van der Waals surface area contributed by atoms with Crippen molar-refractivity contribution in [3.63, 3.8) is 0 Å². The van der Waals surface area contributed by atoms with Crippen molar-refractivity contribution in [2.75, 3.05) is 31.2 Å². The molecule has 4 N–H and O–H groups in total. The van der Waals surface area contributed by atoms with Gasteiger partial charge in [-0.1, -0.05) is 42.5 Å². The van der Waals surface area contributed by atoms with Crippen LogP contribution in [0.25, 0.3) is 0 Å². The maximum atomic E-state index is 12.7. The summed E-state index contributed by atoms with van der Waals surface area (Å²) in [4.78, 5) is 17.1. The molecule has 1 spiro atoms. The molecule has 7 nitrogen and oxygen atoms in total. The van der Waals surface area contributed by atoms with Gasteiger partial charge < -0.3 is 30.4 Å². The molecule has 2 unspecified atom stereocenters. The quantitative estimate of drug-likeness (QED) is 0.536. The Bertz CT molecular complexity index is 866. The van der Waals surface area contributed by atoms with E-state index in [0.29, 0.717) is 26.1 Å². The molecule has 0 aliphatic carbocycles. The number of rotatable bonds is 7. The standard InChI is InChI=1S/C24H31N3O4/c28-16-18-6-8-19(9-7-18)22(30)14-21(29)15-26-12-10-24(11-13-26)23(31)25-17-27(24)20-4-2-1-3-5-20/h1-9,21-22,28-30H,10-17H2,(H,25,31). The zero-order valence-electron chi connectivity index (χ0n) is 17.7. The molecule has 2 aromatic rings. The highest BCUT2D eigenvalue weighted by Gasteiger charge is 2.50. The number of nitrogens with zero attached hydrogens (tertiary/aromatic N) is 2. The largest absolute Gasteiger partial charge is 0.392 e. The average molecular weight is 426 g/mol. The first-order valence-corrected chi connectivity index (χ1v) is 10.9. The second-order valence-electron chi connectivity index (χ2n) is 8.56. The number of likely N-dealkylation sites (tertiary alicyclic amines) is 1. The molecule has 2 aliphatic rings. The molecule has 166 valence electrons. The number of aliphatic hydroxyl groups excluding tert-OH is 3. The number of carbonyl (C=O) groups excluding carboxylic acids is 1. The van der Waals surface area contributed by atoms with Gasteiger partial charge in [0.15, 0.2) is 0 Å². The van der Waals surface area contributed by atoms with Crippen molar-refractivity contribution in [2.24, 2.45) is 0 Å². The van der Waals surface area contributed by atoms with E-state index in [0.717, 1.165) is 29.9 Å². The first kappa shape index (κ1) is 21.8. The Morgan fingerprint density at radius 3 is 2.32 bits per heavy atom. The van der Waals surface area contributed by atoms with Gasteiger partial charge in [-0.2, -0.15) is 0 Å². The maximum absolute atomic E-state index is 12.7. The van der Waals surface area contributed by atoms with Crippen molar-refractivity contribution >= 4 is 11.6 Å². The molecule has 7 heteroatoms. The average Bonchev–Trinajstić information content (AvgIpc) is 3.11. The van der Waals surface area contributed by atoms with Crippen LogP contribution in [0.5, 0.6) is 0 Å². The van der Waals surface area contributed by atoms with Gasteiger partial charge in [-0.05, 0) is 36.1 Å². The number of piperidine rings is 1. The van der Waals surface area contributed by atoms with E-state index in [1.165, 1.54) is 0 Å². The third-order valence-corrected chi connectivity index (χ3v) is 6.60. The molecular formula is C24H31N3O4. The van der Waals surface area contributed by atoms with Crippen LogP contribution in [0.15, 0.2) is 54.6 Å². The van der Waals surface area contributed by atoms with E-state index in [1.54, 1.807) is 24.3 Å². The van der Waals surface area contributed by atoms with Crippen molar-refractivity contribution < 1.29 is 20.1 Å². The van der Waals surface area contributed by atoms with Crippen LogP contribution in [-0.2, 0) is 11.4 Å². The van der Waals surface area contributed by atoms with E-state index in [9.17, 15) is 15.0 Å². The Morgan fingerprint density at radius 2 is 1.68 bits per heavy atom. The number of hydrogen-bond donors (Lipinski definition) is 4. The lowest BCUT2D eigenvalue weighted by Crippen LogP contribution is -2.57. The van der Waals surface area contributed by atoms with Crippen molar-refractivity contribution in [3.05, 3.63) is 65.7 Å². The molecule has 0 radical (unpaired) electrons. The smallest absolute Gasteiger partial charge is 0.247 e. The molecule has 4 rings (SSSR count). The zero-order chi connectivity index (χ0) is 21.8. The fourth-order valence-corrected chi connectivity index (χ4v) is 4.75. The van der Waals surface area contributed by atoms with Gasteiger partial charge in [0.2, 0.25) is 5.91 Å². The van der Waals surface area contributed by atoms with Gasteiger partial charge >= 0.3 is 0 Å². The third-order valence-electron chi connectivity index (χ3n) is 6.60. The van der Waals surface area contributed by atoms with E-state index >= 15 is 0 Å². The fraction of sp³-hybridized carbons (Fsp3) is 0.458. The Balaban J connectivity index is 1.32. The lowest BCUT2D eigenvalue weighted by atomic mass is 9.85. The summed E-state index contributed by atoms with van der Waals surface area (Å²) in [6.45, 7) is 2.39. The van der Waals surface area contributed by atoms with Crippen molar-refractivity contribution in [1.82, 2.24) is 10.2 Å². The number of benzene rings is 2. The first-order chi connectivity index (χ1) is 15.0. The molecule has 2 heterocycles. The zero-order valence-corrected chi connectivity index (χ0v) is 17.7. The molecule has 2 aromatic carbocycles. The van der Waals surface area contributed by atoms with Gasteiger partial charge in [0.25, 0.3) is 0 Å². The highest BCUT2D eigenvalue weighted by atomic mass is 16.3. The molecule has 2 atom stereocenters. The molecule has 0 bridgehead atoms. The van der Waals surface area contributed by atoms with Gasteiger partial charge in [0, 0.05) is 31.7 Å². The summed E-state index contributed by atoms with van der Waals surface area (Å²) >= 11 is 0. The molecular weight excluding hydrogens is 394 g/mol. The predicted octanol–water partition coefficient (Wildman–Crippen LogP) is 1.39. The minimum atomic E-state index is -0.756. The van der Waals surface area contributed by atoms with Crippen molar-refractivity contribution in [2.45, 2.75) is 43.6 Å². The summed E-state index contributed by atoms with van der Waals surface area (Å²) < 4.78 is 0. The van der Waals surface area contributed by atoms with Crippen LogP contribution < -0.4 is 10.2 Å². The second kappa shape index (κ2) is 9.36. The summed E-state index contributed by atoms with van der Waals surface area (Å²) in [5.74, 6) is 0.0818. The van der Waals surface area contributed by atoms with Crippen LogP contribution in [0.3, 0.4) is 0 Å². The fourth-order valence-electron chi connectivity index (χ4n) is 4.75. The van der Waals surface area contributed by atoms with Crippen LogP contribution in [0.1, 0.15) is 36.5 Å². The SMILES string of the molecule is O=C1NCN(c2ccccc2)C12CCN(CC(O)CC(O)c1ccc(CO)cc1)CC2. The summed E-state index contributed by atoms with van der Waals surface area (Å²) in [5, 5.41) is 33.1. The lowest BCUT2D eigenvalue weighted by molar-refractivity contribution is -0.125. The van der Waals surface area contributed by atoms with Gasteiger partial charge in [0.05, 0.1) is 25.5 Å². The molecule has 2 aliphatic heterocycles. The molecule has 1 amide bonds. The highest BCUT2D eigenvalue weighted by Crippen LogP contribution is 2.36. The molecule has 2 fully saturated rings. The van der Waals surface area contributed by atoms with Crippen LogP contribution in [0.4, 0.5) is 5.69 Å². The molecule has 0 aromatic heterocycles. The summed E-state index contributed by atoms with van der Waals surface area (Å²) in [6, 6.07) is 17.1. The van der Waals surface area contributed by atoms with Gasteiger partial charge in [-0.25, -0.2) is 0 Å². The van der Waals surface area contributed by atoms with Gasteiger partial charge in [-0.3, -0.25) is 4.79 Å². The monoisotopic (exact) mass is 425 g/mol. The first-order valence-electron chi connectivity index (χ1n) is 10.9. The number of hydrogen-bond acceptors (Lipinski definition) is 6. The van der Waals surface area contributed by atoms with E-state index in [2.05, 4.69) is 15.1 Å². The van der Waals surface area contributed by atoms with Crippen LogP contribution >= 0.6 is 0 Å². The molecule has 2 saturated heterocycles. The minimum absolute atomic E-state index is 0.0326. The maximum Gasteiger partial charge on any atom is 0.247 e. The second-order valence-corrected chi connectivity index (χ2v) is 8.56. The number of para-hydroxylation sites is 1. The van der Waals surface area contributed by atoms with Crippen molar-refractivity contribution in [1.29, 1.82) is 0 Å². The lowest BCUT2D eigenvalue weighted by Gasteiger charge is -2.43. The van der Waals surface area contributed by atoms with Crippen LogP contribution in [0.2, 0.25) is 0 Å². The topological polar surface area (TPSA) is 96.3 Å². The predicted molar refractivity (Wildman–Crippen MR) is 118 cm³/mol. The summed E-state index contributed by atoms with van der Waals surface area (Å²) in [5.41, 5.74) is 2.04. The third kappa shape index (κ3) is 4.60. The van der Waals surface area contributed by atoms with Crippen molar-refractivity contribution in [3.8, 4) is 0 Å². The summed E-state index contributed by atoms with van der Waals surface area (Å²) in [7, 11) is 0. The van der Waals surface area contributed by atoms with Gasteiger partial charge in [0.1, 0.15) is 5.54 Å². The Hall–Kier alpha value is -2.45. The minimum Gasteiger partial charge on any atom is -0.392 e. The van der Waals surface area contributed by atoms with E-state index in [1.807, 2.05) is 30.3 Å². The molecule has 31 heavy (non-hydrogen) atoms. The highest BCUT2D eigenvalue weighted by molar-refractivity contribution is 5.93. The number of β-amino-alcohol motifs (C(OH)–C–C–N with tert-alkyl or cyclic N) is 1. The Kier molecular flexibility index (Phi) is 6.57. The Labute approximate surface area is 182 Å². The number of nitrogens with one attached hydrogen (secondary N) is 1. The number of amides is 1. The van der Waals surface area contributed by atoms with Gasteiger partial charge in [-0.15, -0.1) is 0 Å². The van der Waals surface area contributed by atoms with E-state index in [4.69, 9.17) is 5.11 Å². The molecule has 0 saturated carbocycles. The van der Waals surface area contributed by atoms with Crippen LogP contribution in [0, 0.1) is 0 Å². The van der Waals surface area contributed by atoms with Crippen LogP contribution in [-0.4, -0.2) is 64.1 Å².